The number of carbonyl (C=O) groups is 1. The van der Waals surface area contributed by atoms with E-state index in [0.717, 1.165) is 30.9 Å². The Morgan fingerprint density at radius 2 is 1.85 bits per heavy atom. The number of ether oxygens (including phenoxy) is 2. The van der Waals surface area contributed by atoms with Gasteiger partial charge in [0.05, 0.1) is 13.7 Å². The molecule has 1 rings (SSSR count). The molecule has 1 aromatic carbocycles. The van der Waals surface area contributed by atoms with Crippen molar-refractivity contribution in [1.29, 1.82) is 0 Å². The van der Waals surface area contributed by atoms with Crippen molar-refractivity contribution in [2.24, 2.45) is 10.9 Å². The first-order valence-corrected chi connectivity index (χ1v) is 9.54. The average Bonchev–Trinajstić information content (AvgIpc) is 2.67. The van der Waals surface area contributed by atoms with Crippen LogP contribution in [0.25, 0.3) is 0 Å². The summed E-state index contributed by atoms with van der Waals surface area (Å²) in [4.78, 5) is 16.3. The molecule has 7 heteroatoms. The maximum absolute atomic E-state index is 12.0. The summed E-state index contributed by atoms with van der Waals surface area (Å²) in [6.07, 6.45) is 1.06. The molecule has 152 valence electrons. The van der Waals surface area contributed by atoms with E-state index in [2.05, 4.69) is 34.8 Å². The van der Waals surface area contributed by atoms with E-state index in [0.29, 0.717) is 31.6 Å². The Labute approximate surface area is 162 Å². The Kier molecular flexibility index (Phi) is 11.7. The van der Waals surface area contributed by atoms with Crippen molar-refractivity contribution in [1.82, 2.24) is 16.0 Å². The zero-order valence-electron chi connectivity index (χ0n) is 17.0. The SMILES string of the molecule is CCNC(=NCC(=O)NCc1ccc(OC)cc1)NCCOCCC(C)C. The summed E-state index contributed by atoms with van der Waals surface area (Å²) in [7, 11) is 1.63. The van der Waals surface area contributed by atoms with Gasteiger partial charge in [-0.2, -0.15) is 0 Å². The second kappa shape index (κ2) is 13.9. The van der Waals surface area contributed by atoms with E-state index < -0.39 is 0 Å². The first-order valence-electron chi connectivity index (χ1n) is 9.54. The van der Waals surface area contributed by atoms with E-state index in [9.17, 15) is 4.79 Å². The van der Waals surface area contributed by atoms with E-state index in [1.54, 1.807) is 7.11 Å². The second-order valence-electron chi connectivity index (χ2n) is 6.54. The third kappa shape index (κ3) is 11.1. The van der Waals surface area contributed by atoms with Crippen LogP contribution in [0.4, 0.5) is 0 Å². The molecule has 0 atom stereocenters. The second-order valence-corrected chi connectivity index (χ2v) is 6.54. The lowest BCUT2D eigenvalue weighted by atomic mass is 10.1. The van der Waals surface area contributed by atoms with Gasteiger partial charge >= 0.3 is 0 Å². The molecule has 0 aliphatic carbocycles. The zero-order chi connectivity index (χ0) is 19.9. The van der Waals surface area contributed by atoms with Gasteiger partial charge in [0.25, 0.3) is 0 Å². The van der Waals surface area contributed by atoms with Crippen LogP contribution in [-0.4, -0.2) is 51.8 Å². The number of hydrogen-bond donors (Lipinski definition) is 3. The summed E-state index contributed by atoms with van der Waals surface area (Å²) in [5.74, 6) is 1.93. The molecule has 0 aromatic heterocycles. The quantitative estimate of drug-likeness (QED) is 0.294. The number of carbonyl (C=O) groups excluding carboxylic acids is 1. The van der Waals surface area contributed by atoms with E-state index in [-0.39, 0.29) is 12.5 Å². The number of nitrogens with zero attached hydrogens (tertiary/aromatic N) is 1. The molecule has 0 radical (unpaired) electrons. The van der Waals surface area contributed by atoms with Crippen LogP contribution in [-0.2, 0) is 16.1 Å². The van der Waals surface area contributed by atoms with Gasteiger partial charge in [-0.3, -0.25) is 4.79 Å². The smallest absolute Gasteiger partial charge is 0.242 e. The Balaban J connectivity index is 2.29. The number of methoxy groups -OCH3 is 1. The van der Waals surface area contributed by atoms with E-state index >= 15 is 0 Å². The van der Waals surface area contributed by atoms with Gasteiger partial charge in [0.1, 0.15) is 12.3 Å². The fraction of sp³-hybridized carbons (Fsp3) is 0.600. The van der Waals surface area contributed by atoms with Crippen LogP contribution in [0.2, 0.25) is 0 Å². The first kappa shape index (κ1) is 22.8. The van der Waals surface area contributed by atoms with Crippen LogP contribution in [0, 0.1) is 5.92 Å². The summed E-state index contributed by atoms with van der Waals surface area (Å²) in [5, 5.41) is 9.15. The Hall–Kier alpha value is -2.28. The molecular formula is C20H34N4O3. The number of hydrogen-bond acceptors (Lipinski definition) is 4. The van der Waals surface area contributed by atoms with Crippen molar-refractivity contribution in [3.05, 3.63) is 29.8 Å². The standard InChI is InChI=1S/C20H34N4O3/c1-5-21-20(22-11-13-27-12-10-16(2)3)24-15-19(25)23-14-17-6-8-18(26-4)9-7-17/h6-9,16H,5,10-15H2,1-4H3,(H,23,25)(H2,21,22,24). The molecule has 0 heterocycles. The number of guanidine groups is 1. The Morgan fingerprint density at radius 1 is 1.11 bits per heavy atom. The molecule has 1 aromatic rings. The van der Waals surface area contributed by atoms with Gasteiger partial charge in [0, 0.05) is 26.2 Å². The number of benzene rings is 1. The molecule has 3 N–H and O–H groups in total. The van der Waals surface area contributed by atoms with Crippen LogP contribution in [0.1, 0.15) is 32.8 Å². The summed E-state index contributed by atoms with van der Waals surface area (Å²) in [5.41, 5.74) is 1.01. The molecule has 0 unspecified atom stereocenters. The average molecular weight is 379 g/mol. The molecule has 0 saturated carbocycles. The van der Waals surface area contributed by atoms with Gasteiger partial charge in [0.2, 0.25) is 5.91 Å². The minimum Gasteiger partial charge on any atom is -0.497 e. The predicted molar refractivity (Wildman–Crippen MR) is 109 cm³/mol. The van der Waals surface area contributed by atoms with Crippen molar-refractivity contribution in [3.63, 3.8) is 0 Å². The van der Waals surface area contributed by atoms with E-state index in [1.807, 2.05) is 31.2 Å². The van der Waals surface area contributed by atoms with Gasteiger partial charge in [0.15, 0.2) is 5.96 Å². The van der Waals surface area contributed by atoms with Crippen molar-refractivity contribution in [3.8, 4) is 5.75 Å². The molecule has 0 fully saturated rings. The number of aliphatic imine (C=N–C) groups is 1. The van der Waals surface area contributed by atoms with Gasteiger partial charge in [-0.25, -0.2) is 4.99 Å². The molecule has 0 bridgehead atoms. The molecule has 7 nitrogen and oxygen atoms in total. The summed E-state index contributed by atoms with van der Waals surface area (Å²) in [6.45, 7) is 9.63. The number of nitrogens with one attached hydrogen (secondary N) is 3. The van der Waals surface area contributed by atoms with Crippen LogP contribution in [0.5, 0.6) is 5.75 Å². The molecule has 0 aliphatic heterocycles. The van der Waals surface area contributed by atoms with E-state index in [1.165, 1.54) is 0 Å². The highest BCUT2D eigenvalue weighted by atomic mass is 16.5. The topological polar surface area (TPSA) is 84.0 Å². The zero-order valence-corrected chi connectivity index (χ0v) is 17.0. The highest BCUT2D eigenvalue weighted by Crippen LogP contribution is 2.10. The van der Waals surface area contributed by atoms with Crippen LogP contribution in [0.3, 0.4) is 0 Å². The molecular weight excluding hydrogens is 344 g/mol. The maximum Gasteiger partial charge on any atom is 0.242 e. The molecule has 27 heavy (non-hydrogen) atoms. The van der Waals surface area contributed by atoms with Crippen molar-refractivity contribution < 1.29 is 14.3 Å². The fourth-order valence-electron chi connectivity index (χ4n) is 2.16. The maximum atomic E-state index is 12.0. The summed E-state index contributed by atoms with van der Waals surface area (Å²) in [6, 6.07) is 7.59. The van der Waals surface area contributed by atoms with Crippen molar-refractivity contribution >= 4 is 11.9 Å². The van der Waals surface area contributed by atoms with E-state index in [4.69, 9.17) is 9.47 Å². The third-order valence-electron chi connectivity index (χ3n) is 3.75. The van der Waals surface area contributed by atoms with Gasteiger partial charge in [-0.15, -0.1) is 0 Å². The van der Waals surface area contributed by atoms with Crippen LogP contribution < -0.4 is 20.7 Å². The monoisotopic (exact) mass is 378 g/mol. The Morgan fingerprint density at radius 3 is 2.48 bits per heavy atom. The minimum atomic E-state index is -0.129. The number of rotatable bonds is 12. The van der Waals surface area contributed by atoms with Gasteiger partial charge in [-0.05, 0) is 37.0 Å². The van der Waals surface area contributed by atoms with Crippen LogP contribution in [0.15, 0.2) is 29.3 Å². The normalized spacial score (nSPS) is 11.4. The minimum absolute atomic E-state index is 0.0691. The van der Waals surface area contributed by atoms with Crippen molar-refractivity contribution in [2.45, 2.75) is 33.7 Å². The summed E-state index contributed by atoms with van der Waals surface area (Å²) < 4.78 is 10.7. The first-order chi connectivity index (χ1) is 13.0. The highest BCUT2D eigenvalue weighted by molar-refractivity contribution is 5.84. The highest BCUT2D eigenvalue weighted by Gasteiger charge is 2.03. The van der Waals surface area contributed by atoms with Gasteiger partial charge < -0.3 is 25.4 Å². The largest absolute Gasteiger partial charge is 0.497 e. The molecule has 0 saturated heterocycles. The third-order valence-corrected chi connectivity index (χ3v) is 3.75. The summed E-state index contributed by atoms with van der Waals surface area (Å²) >= 11 is 0. The molecule has 0 spiro atoms. The molecule has 0 aliphatic rings. The predicted octanol–water partition coefficient (Wildman–Crippen LogP) is 1.93. The lowest BCUT2D eigenvalue weighted by molar-refractivity contribution is -0.119. The van der Waals surface area contributed by atoms with Gasteiger partial charge in [-0.1, -0.05) is 26.0 Å². The lowest BCUT2D eigenvalue weighted by Crippen LogP contribution is -2.40. The van der Waals surface area contributed by atoms with Crippen molar-refractivity contribution in [2.75, 3.05) is 40.0 Å². The fourth-order valence-corrected chi connectivity index (χ4v) is 2.16. The van der Waals surface area contributed by atoms with Crippen LogP contribution >= 0.6 is 0 Å². The number of amides is 1. The molecule has 1 amide bonds. The Bertz CT molecular complexity index is 559. The lowest BCUT2D eigenvalue weighted by Gasteiger charge is -2.12.